The lowest BCUT2D eigenvalue weighted by atomic mass is 10.1. The molecule has 0 aliphatic carbocycles. The molecule has 2 atom stereocenters. The van der Waals surface area contributed by atoms with Crippen molar-refractivity contribution in [1.29, 1.82) is 0 Å². The molecule has 1 aliphatic rings. The monoisotopic (exact) mass is 250 g/mol. The molecule has 0 radical (unpaired) electrons. The summed E-state index contributed by atoms with van der Waals surface area (Å²) in [5, 5.41) is 3.64. The average molecular weight is 250 g/mol. The van der Waals surface area contributed by atoms with Crippen molar-refractivity contribution >= 4 is 0 Å². The highest BCUT2D eigenvalue weighted by Gasteiger charge is 2.25. The third-order valence-electron chi connectivity index (χ3n) is 3.81. The van der Waals surface area contributed by atoms with Crippen LogP contribution in [0, 0.1) is 5.82 Å². The minimum atomic E-state index is -0.169. The first-order valence-corrected chi connectivity index (χ1v) is 6.82. The molecule has 1 unspecified atom stereocenters. The van der Waals surface area contributed by atoms with Crippen molar-refractivity contribution in [3.63, 3.8) is 0 Å². The van der Waals surface area contributed by atoms with Crippen LogP contribution < -0.4 is 5.32 Å². The van der Waals surface area contributed by atoms with Crippen LogP contribution in [0.25, 0.3) is 0 Å². The highest BCUT2D eigenvalue weighted by atomic mass is 19.1. The Morgan fingerprint density at radius 1 is 1.22 bits per heavy atom. The van der Waals surface area contributed by atoms with Crippen LogP contribution in [-0.4, -0.2) is 30.1 Å². The maximum absolute atomic E-state index is 12.9. The van der Waals surface area contributed by atoms with Gasteiger partial charge in [0.05, 0.1) is 0 Å². The van der Waals surface area contributed by atoms with E-state index in [-0.39, 0.29) is 11.9 Å². The molecule has 0 bridgehead atoms. The van der Waals surface area contributed by atoms with Gasteiger partial charge < -0.3 is 5.32 Å². The standard InChI is InChI=1S/C15H23FN2/c1-11(2)18-9-8-15(10-18)17-12(3)13-4-6-14(16)7-5-13/h4-7,11-12,15,17H,8-10H2,1-3H3/t12-,15?/m0/s1. The van der Waals surface area contributed by atoms with E-state index < -0.39 is 0 Å². The molecular formula is C15H23FN2. The van der Waals surface area contributed by atoms with Crippen LogP contribution >= 0.6 is 0 Å². The number of nitrogens with zero attached hydrogens (tertiary/aromatic N) is 1. The Balaban J connectivity index is 1.88. The van der Waals surface area contributed by atoms with Crippen LogP contribution in [0.4, 0.5) is 4.39 Å². The summed E-state index contributed by atoms with van der Waals surface area (Å²) in [4.78, 5) is 2.50. The highest BCUT2D eigenvalue weighted by Crippen LogP contribution is 2.18. The molecule has 2 rings (SSSR count). The fraction of sp³-hybridized carbons (Fsp3) is 0.600. The Labute approximate surface area is 109 Å². The second kappa shape index (κ2) is 5.81. The molecule has 1 saturated heterocycles. The molecule has 0 saturated carbocycles. The molecule has 1 N–H and O–H groups in total. The number of benzene rings is 1. The molecule has 1 aromatic carbocycles. The second-order valence-corrected chi connectivity index (χ2v) is 5.51. The van der Waals surface area contributed by atoms with Gasteiger partial charge in [-0.1, -0.05) is 12.1 Å². The largest absolute Gasteiger partial charge is 0.306 e. The summed E-state index contributed by atoms with van der Waals surface area (Å²) >= 11 is 0. The Bertz CT molecular complexity index is 375. The summed E-state index contributed by atoms with van der Waals surface area (Å²) in [6.07, 6.45) is 1.20. The van der Waals surface area contributed by atoms with Gasteiger partial charge in [-0.2, -0.15) is 0 Å². The van der Waals surface area contributed by atoms with Crippen LogP contribution in [0.1, 0.15) is 38.8 Å². The minimum absolute atomic E-state index is 0.169. The van der Waals surface area contributed by atoms with Gasteiger partial charge in [0.2, 0.25) is 0 Å². The maximum Gasteiger partial charge on any atom is 0.123 e. The third-order valence-corrected chi connectivity index (χ3v) is 3.81. The zero-order valence-corrected chi connectivity index (χ0v) is 11.5. The van der Waals surface area contributed by atoms with Crippen LogP contribution in [0.3, 0.4) is 0 Å². The van der Waals surface area contributed by atoms with Crippen molar-refractivity contribution in [1.82, 2.24) is 10.2 Å². The predicted molar refractivity (Wildman–Crippen MR) is 73.1 cm³/mol. The Morgan fingerprint density at radius 2 is 1.89 bits per heavy atom. The zero-order valence-electron chi connectivity index (χ0n) is 11.5. The van der Waals surface area contributed by atoms with Gasteiger partial charge in [-0.3, -0.25) is 4.90 Å². The van der Waals surface area contributed by atoms with Gasteiger partial charge in [0, 0.05) is 24.7 Å². The summed E-state index contributed by atoms with van der Waals surface area (Å²) in [6.45, 7) is 8.91. The topological polar surface area (TPSA) is 15.3 Å². The predicted octanol–water partition coefficient (Wildman–Crippen LogP) is 2.96. The van der Waals surface area contributed by atoms with E-state index in [1.165, 1.54) is 25.1 Å². The molecule has 2 nitrogen and oxygen atoms in total. The van der Waals surface area contributed by atoms with Crippen molar-refractivity contribution < 1.29 is 4.39 Å². The van der Waals surface area contributed by atoms with Crippen molar-refractivity contribution in [2.75, 3.05) is 13.1 Å². The first-order valence-electron chi connectivity index (χ1n) is 6.82. The van der Waals surface area contributed by atoms with Gasteiger partial charge in [0.1, 0.15) is 5.82 Å². The molecule has 0 spiro atoms. The van der Waals surface area contributed by atoms with E-state index in [2.05, 4.69) is 31.0 Å². The Hall–Kier alpha value is -0.930. The average Bonchev–Trinajstić information content (AvgIpc) is 2.78. The quantitative estimate of drug-likeness (QED) is 0.884. The minimum Gasteiger partial charge on any atom is -0.306 e. The normalized spacial score (nSPS) is 22.6. The van der Waals surface area contributed by atoms with E-state index in [9.17, 15) is 4.39 Å². The molecule has 0 amide bonds. The summed E-state index contributed by atoms with van der Waals surface area (Å²) < 4.78 is 12.9. The van der Waals surface area contributed by atoms with Crippen molar-refractivity contribution in [3.8, 4) is 0 Å². The van der Waals surface area contributed by atoms with Crippen LogP contribution in [0.5, 0.6) is 0 Å². The zero-order chi connectivity index (χ0) is 13.1. The first-order chi connectivity index (χ1) is 8.56. The number of likely N-dealkylation sites (tertiary alicyclic amines) is 1. The lowest BCUT2D eigenvalue weighted by molar-refractivity contribution is 0.266. The van der Waals surface area contributed by atoms with E-state index in [1.54, 1.807) is 0 Å². The van der Waals surface area contributed by atoms with Gasteiger partial charge in [0.25, 0.3) is 0 Å². The van der Waals surface area contributed by atoms with Crippen LogP contribution in [0.2, 0.25) is 0 Å². The number of hydrogen-bond donors (Lipinski definition) is 1. The first kappa shape index (κ1) is 13.5. The molecule has 1 aromatic rings. The number of rotatable bonds is 4. The molecule has 0 aromatic heterocycles. The smallest absolute Gasteiger partial charge is 0.123 e. The van der Waals surface area contributed by atoms with Gasteiger partial charge in [-0.05, 0) is 51.4 Å². The third kappa shape index (κ3) is 3.30. The summed E-state index contributed by atoms with van der Waals surface area (Å²) in [5.41, 5.74) is 1.15. The summed E-state index contributed by atoms with van der Waals surface area (Å²) in [7, 11) is 0. The van der Waals surface area contributed by atoms with Crippen LogP contribution in [0.15, 0.2) is 24.3 Å². The Morgan fingerprint density at radius 3 is 2.44 bits per heavy atom. The number of hydrogen-bond acceptors (Lipinski definition) is 2. The van der Waals surface area contributed by atoms with E-state index in [4.69, 9.17) is 0 Å². The van der Waals surface area contributed by atoms with Crippen molar-refractivity contribution in [2.24, 2.45) is 0 Å². The fourth-order valence-corrected chi connectivity index (χ4v) is 2.59. The SMILES string of the molecule is CC(C)N1CCC(N[C@@H](C)c2ccc(F)cc2)C1. The number of halogens is 1. The molecule has 1 heterocycles. The summed E-state index contributed by atoms with van der Waals surface area (Å²) in [5.74, 6) is -0.169. The van der Waals surface area contributed by atoms with Crippen molar-refractivity contribution in [2.45, 2.75) is 45.3 Å². The second-order valence-electron chi connectivity index (χ2n) is 5.51. The number of nitrogens with one attached hydrogen (secondary N) is 1. The molecule has 3 heteroatoms. The highest BCUT2D eigenvalue weighted by molar-refractivity contribution is 5.19. The van der Waals surface area contributed by atoms with Gasteiger partial charge in [-0.15, -0.1) is 0 Å². The van der Waals surface area contributed by atoms with Gasteiger partial charge >= 0.3 is 0 Å². The molecular weight excluding hydrogens is 227 g/mol. The van der Waals surface area contributed by atoms with E-state index in [0.717, 1.165) is 12.1 Å². The van der Waals surface area contributed by atoms with Gasteiger partial charge in [-0.25, -0.2) is 4.39 Å². The van der Waals surface area contributed by atoms with E-state index in [1.807, 2.05) is 12.1 Å². The van der Waals surface area contributed by atoms with Gasteiger partial charge in [0.15, 0.2) is 0 Å². The molecule has 1 aliphatic heterocycles. The molecule has 100 valence electrons. The Kier molecular flexibility index (Phi) is 4.36. The van der Waals surface area contributed by atoms with Crippen molar-refractivity contribution in [3.05, 3.63) is 35.6 Å². The van der Waals surface area contributed by atoms with E-state index >= 15 is 0 Å². The van der Waals surface area contributed by atoms with E-state index in [0.29, 0.717) is 12.1 Å². The molecule has 1 fully saturated rings. The summed E-state index contributed by atoms with van der Waals surface area (Å²) in [6, 6.07) is 8.24. The lowest BCUT2D eigenvalue weighted by Gasteiger charge is -2.22. The lowest BCUT2D eigenvalue weighted by Crippen LogP contribution is -2.36. The van der Waals surface area contributed by atoms with Crippen LogP contribution in [-0.2, 0) is 0 Å². The maximum atomic E-state index is 12.9. The molecule has 18 heavy (non-hydrogen) atoms. The fourth-order valence-electron chi connectivity index (χ4n) is 2.59.